The summed E-state index contributed by atoms with van der Waals surface area (Å²) in [4.78, 5) is 0. The second kappa shape index (κ2) is 12.9. The van der Waals surface area contributed by atoms with E-state index in [9.17, 15) is 0 Å². The molecule has 8 aliphatic carbocycles. The van der Waals surface area contributed by atoms with Crippen molar-refractivity contribution < 1.29 is 0 Å². The number of hydrogen-bond donors (Lipinski definition) is 0. The van der Waals surface area contributed by atoms with Crippen molar-refractivity contribution in [1.29, 1.82) is 0 Å². The third-order valence-electron chi connectivity index (χ3n) is 18.1. The first-order valence-electron chi connectivity index (χ1n) is 24.0. The summed E-state index contributed by atoms with van der Waals surface area (Å²) in [6.45, 7) is 0. The average Bonchev–Trinajstić information content (AvgIpc) is 3.66. The second-order valence-corrected chi connectivity index (χ2v) is 23.4. The van der Waals surface area contributed by atoms with Crippen molar-refractivity contribution in [3.8, 4) is 22.3 Å². The number of benzene rings is 8. The van der Waals surface area contributed by atoms with Gasteiger partial charge in [-0.25, -0.2) is 0 Å². The molecule has 17 rings (SSSR count). The van der Waals surface area contributed by atoms with E-state index < -0.39 is 0 Å². The molecule has 0 amide bonds. The van der Waals surface area contributed by atoms with E-state index in [1.807, 2.05) is 0 Å². The van der Waals surface area contributed by atoms with Crippen LogP contribution in [0.1, 0.15) is 87.2 Å². The van der Waals surface area contributed by atoms with Crippen molar-refractivity contribution in [3.05, 3.63) is 145 Å². The zero-order valence-electron chi connectivity index (χ0n) is 35.0. The van der Waals surface area contributed by atoms with Crippen molar-refractivity contribution in [2.75, 3.05) is 0 Å². The van der Waals surface area contributed by atoms with Crippen LogP contribution < -0.4 is 0 Å². The quantitative estimate of drug-likeness (QED) is 0.122. The van der Waals surface area contributed by atoms with Gasteiger partial charge in [-0.05, 0) is 6.42 Å². The molecule has 0 saturated heterocycles. The van der Waals surface area contributed by atoms with E-state index in [0.29, 0.717) is 11.8 Å². The zero-order chi connectivity index (χ0) is 39.5. The van der Waals surface area contributed by atoms with E-state index in [1.165, 1.54) is 149 Å². The summed E-state index contributed by atoms with van der Waals surface area (Å²) >= 11 is 0.263. The van der Waals surface area contributed by atoms with Gasteiger partial charge in [0.15, 0.2) is 0 Å². The third kappa shape index (κ3) is 4.95. The molecule has 8 aliphatic rings. The van der Waals surface area contributed by atoms with E-state index in [0.717, 1.165) is 47.3 Å². The van der Waals surface area contributed by atoms with Crippen LogP contribution in [-0.4, -0.2) is 14.5 Å². The van der Waals surface area contributed by atoms with Gasteiger partial charge in [-0.1, -0.05) is 0 Å². The average molecular weight is 852 g/mol. The fourth-order valence-electron chi connectivity index (χ4n) is 16.6. The molecule has 0 unspecified atom stereocenters. The van der Waals surface area contributed by atoms with Gasteiger partial charge in [-0.15, -0.1) is 0 Å². The van der Waals surface area contributed by atoms with Gasteiger partial charge in [-0.2, -0.15) is 0 Å². The molecule has 0 radical (unpaired) electrons. The summed E-state index contributed by atoms with van der Waals surface area (Å²) < 4.78 is 3.05. The molecule has 8 aromatic carbocycles. The van der Waals surface area contributed by atoms with Gasteiger partial charge in [-0.3, -0.25) is 0 Å². The monoisotopic (exact) mass is 852 g/mol. The molecule has 8 fully saturated rings. The van der Waals surface area contributed by atoms with E-state index in [4.69, 9.17) is 0 Å². The van der Waals surface area contributed by atoms with Crippen LogP contribution in [0.4, 0.5) is 0 Å². The molecule has 0 nitrogen and oxygen atoms in total. The van der Waals surface area contributed by atoms with Gasteiger partial charge < -0.3 is 0 Å². The molecule has 0 N–H and O–H groups in total. The van der Waals surface area contributed by atoms with Crippen molar-refractivity contribution in [3.63, 3.8) is 0 Å². The molecular formula is C60H52Se. The van der Waals surface area contributed by atoms with Gasteiger partial charge in [0.1, 0.15) is 0 Å². The predicted octanol–water partition coefficient (Wildman–Crippen LogP) is 16.1. The number of rotatable bonds is 4. The first kappa shape index (κ1) is 34.9. The zero-order valence-corrected chi connectivity index (χ0v) is 36.7. The van der Waals surface area contributed by atoms with Crippen LogP contribution in [-0.2, 0) is 0 Å². The summed E-state index contributed by atoms with van der Waals surface area (Å²) in [5, 5.41) is 14.8. The van der Waals surface area contributed by atoms with Crippen LogP contribution in [0.15, 0.2) is 133 Å². The van der Waals surface area contributed by atoms with Gasteiger partial charge in [0.2, 0.25) is 0 Å². The van der Waals surface area contributed by atoms with Crippen LogP contribution in [0.25, 0.3) is 84.6 Å². The minimum atomic E-state index is 0.263. The van der Waals surface area contributed by atoms with E-state index in [1.54, 1.807) is 11.1 Å². The first-order valence-corrected chi connectivity index (χ1v) is 25.7. The Kier molecular flexibility index (Phi) is 7.39. The Morgan fingerprint density at radius 1 is 0.328 bits per heavy atom. The van der Waals surface area contributed by atoms with Crippen LogP contribution in [0.2, 0.25) is 0 Å². The molecule has 0 spiro atoms. The van der Waals surface area contributed by atoms with Gasteiger partial charge in [0.25, 0.3) is 0 Å². The summed E-state index contributed by atoms with van der Waals surface area (Å²) in [5.41, 5.74) is 9.02. The van der Waals surface area contributed by atoms with Gasteiger partial charge in [0.05, 0.1) is 0 Å². The van der Waals surface area contributed by atoms with E-state index >= 15 is 0 Å². The molecule has 0 atom stereocenters. The molecule has 298 valence electrons. The Balaban J connectivity index is 0.959. The molecule has 8 bridgehead atoms. The second-order valence-electron chi connectivity index (χ2n) is 21.2. The summed E-state index contributed by atoms with van der Waals surface area (Å²) in [7, 11) is 0. The molecule has 61 heavy (non-hydrogen) atoms. The Labute approximate surface area is 365 Å². The summed E-state index contributed by atoms with van der Waals surface area (Å²) in [5.74, 6) is 8.67. The Hall–Kier alpha value is -4.68. The molecule has 8 saturated carbocycles. The fourth-order valence-corrected chi connectivity index (χ4v) is 19.0. The molecule has 1 heteroatoms. The van der Waals surface area contributed by atoms with E-state index in [-0.39, 0.29) is 14.5 Å². The Bertz CT molecular complexity index is 3140. The molecule has 0 aliphatic heterocycles. The number of hydrogen-bond acceptors (Lipinski definition) is 0. The maximum atomic E-state index is 2.62. The standard InChI is InChI=1S/C60H52Se/c1-5-14-46-42(10-1)56(43-11-2-6-15-47(43)59(46)54-38-24-33-22-34(26-38)27-39(54)25-33)37-20-21-52-51(32-37)58-50(18-9-19-53(58)61-52)57-44-12-3-7-16-48(44)60(49-17-8-4-13-45(49)57)55-40-28-35-23-36(30-40)31-41(55)29-35/h1-21,32-36,38-41,54-55H,22-31H2. The Morgan fingerprint density at radius 2 is 0.738 bits per heavy atom. The Morgan fingerprint density at radius 3 is 1.18 bits per heavy atom. The van der Waals surface area contributed by atoms with Crippen molar-refractivity contribution in [1.82, 2.24) is 0 Å². The minimum absolute atomic E-state index is 0.263. The van der Waals surface area contributed by atoms with E-state index in [2.05, 4.69) is 133 Å². The number of fused-ring (bicyclic) bond motifs is 7. The van der Waals surface area contributed by atoms with Crippen molar-refractivity contribution in [2.24, 2.45) is 47.3 Å². The topological polar surface area (TPSA) is 0 Å². The van der Waals surface area contributed by atoms with Crippen molar-refractivity contribution in [2.45, 2.75) is 76.0 Å². The van der Waals surface area contributed by atoms with Crippen LogP contribution in [0, 0.1) is 47.3 Å². The molecular weight excluding hydrogens is 800 g/mol. The van der Waals surface area contributed by atoms with Gasteiger partial charge >= 0.3 is 361 Å². The fraction of sp³-hybridized carbons (Fsp3) is 0.333. The SMILES string of the molecule is c1cc(-c2c3ccccc3c(C3C4CC5CC(C4)CC3C5)c3ccccc23)c2c(c1)[se]c1ccc(-c3c4ccccc4c(C4C5CC6CC(C5)CC4C6)c4ccccc34)cc12. The maximum absolute atomic E-state index is 2.62. The summed E-state index contributed by atoms with van der Waals surface area (Å²) in [6.07, 6.45) is 14.6. The van der Waals surface area contributed by atoms with Crippen LogP contribution in [0.3, 0.4) is 0 Å². The summed E-state index contributed by atoms with van der Waals surface area (Å²) in [6, 6.07) is 53.2. The first-order chi connectivity index (χ1) is 30.2. The molecule has 1 heterocycles. The third-order valence-corrected chi connectivity index (χ3v) is 20.5. The molecule has 1 aromatic heterocycles. The normalized spacial score (nSPS) is 30.0. The van der Waals surface area contributed by atoms with Crippen molar-refractivity contribution >= 4 is 76.9 Å². The predicted molar refractivity (Wildman–Crippen MR) is 259 cm³/mol. The van der Waals surface area contributed by atoms with Gasteiger partial charge in [0, 0.05) is 0 Å². The van der Waals surface area contributed by atoms with Crippen LogP contribution >= 0.6 is 0 Å². The van der Waals surface area contributed by atoms with Crippen LogP contribution in [0.5, 0.6) is 0 Å². The molecule has 9 aromatic rings.